The van der Waals surface area contributed by atoms with Gasteiger partial charge in [0.15, 0.2) is 0 Å². The van der Waals surface area contributed by atoms with E-state index in [-0.39, 0.29) is 24.1 Å². The summed E-state index contributed by atoms with van der Waals surface area (Å²) in [5, 5.41) is 5.29. The molecule has 0 unspecified atom stereocenters. The summed E-state index contributed by atoms with van der Waals surface area (Å²) in [4.78, 5) is 24.1. The van der Waals surface area contributed by atoms with Gasteiger partial charge in [-0.3, -0.25) is 9.59 Å². The first-order chi connectivity index (χ1) is 12.4. The first-order valence-electron chi connectivity index (χ1n) is 7.99. The van der Waals surface area contributed by atoms with E-state index in [1.807, 2.05) is 0 Å². The minimum absolute atomic E-state index is 0.202. The van der Waals surface area contributed by atoms with E-state index in [0.29, 0.717) is 11.5 Å². The van der Waals surface area contributed by atoms with E-state index >= 15 is 0 Å². The Labute approximate surface area is 151 Å². The molecule has 0 aliphatic rings. The lowest BCUT2D eigenvalue weighted by Gasteiger charge is -2.18. The maximum absolute atomic E-state index is 12.9. The van der Waals surface area contributed by atoms with Crippen LogP contribution in [0.15, 0.2) is 42.5 Å². The van der Waals surface area contributed by atoms with Crippen molar-refractivity contribution in [3.8, 4) is 11.5 Å². The van der Waals surface area contributed by atoms with Crippen molar-refractivity contribution in [3.05, 3.63) is 59.4 Å². The molecule has 0 heterocycles. The van der Waals surface area contributed by atoms with Gasteiger partial charge in [-0.15, -0.1) is 0 Å². The van der Waals surface area contributed by atoms with E-state index in [9.17, 15) is 14.0 Å². The second kappa shape index (κ2) is 8.84. The summed E-state index contributed by atoms with van der Waals surface area (Å²) in [6.07, 6.45) is 0. The zero-order chi connectivity index (χ0) is 19.1. The molecule has 2 rings (SSSR count). The number of ether oxygens (including phenoxy) is 2. The Balaban J connectivity index is 1.95. The number of methoxy groups -OCH3 is 2. The van der Waals surface area contributed by atoms with Crippen molar-refractivity contribution in [2.24, 2.45) is 0 Å². The molecule has 0 bridgehead atoms. The van der Waals surface area contributed by atoms with E-state index < -0.39 is 11.7 Å². The maximum atomic E-state index is 12.9. The van der Waals surface area contributed by atoms with Crippen molar-refractivity contribution in [1.29, 1.82) is 0 Å². The molecule has 2 N–H and O–H groups in total. The molecule has 0 radical (unpaired) electrons. The highest BCUT2D eigenvalue weighted by Crippen LogP contribution is 2.29. The Kier molecular flexibility index (Phi) is 6.54. The monoisotopic (exact) mass is 360 g/mol. The Morgan fingerprint density at radius 2 is 1.77 bits per heavy atom. The minimum Gasteiger partial charge on any atom is -0.497 e. The zero-order valence-corrected chi connectivity index (χ0v) is 14.8. The Hall–Kier alpha value is -3.09. The van der Waals surface area contributed by atoms with Crippen molar-refractivity contribution in [2.75, 3.05) is 20.8 Å². The van der Waals surface area contributed by atoms with Crippen LogP contribution in [0.5, 0.6) is 11.5 Å². The van der Waals surface area contributed by atoms with Crippen LogP contribution in [0, 0.1) is 5.82 Å². The number of benzene rings is 2. The molecule has 0 saturated heterocycles. The van der Waals surface area contributed by atoms with Gasteiger partial charge in [-0.2, -0.15) is 0 Å². The van der Waals surface area contributed by atoms with Gasteiger partial charge in [-0.1, -0.05) is 0 Å². The topological polar surface area (TPSA) is 76.7 Å². The summed E-state index contributed by atoms with van der Waals surface area (Å²) >= 11 is 0. The molecule has 2 aromatic carbocycles. The Bertz CT molecular complexity index is 778. The normalized spacial score (nSPS) is 11.4. The molecule has 7 heteroatoms. The highest BCUT2D eigenvalue weighted by molar-refractivity contribution is 5.96. The van der Waals surface area contributed by atoms with Crippen LogP contribution in [0.1, 0.15) is 28.9 Å². The average Bonchev–Trinajstić information content (AvgIpc) is 2.66. The molecule has 2 aromatic rings. The van der Waals surface area contributed by atoms with E-state index in [2.05, 4.69) is 10.6 Å². The SMILES string of the molecule is COc1ccc(OC)c([C@H](C)NC(=O)CNC(=O)c2ccc(F)cc2)c1. The van der Waals surface area contributed by atoms with Crippen molar-refractivity contribution in [2.45, 2.75) is 13.0 Å². The average molecular weight is 360 g/mol. The van der Waals surface area contributed by atoms with E-state index in [0.717, 1.165) is 5.56 Å². The molecule has 0 aliphatic carbocycles. The van der Waals surface area contributed by atoms with Crippen LogP contribution in [0.25, 0.3) is 0 Å². The third-order valence-electron chi connectivity index (χ3n) is 3.80. The third-order valence-corrected chi connectivity index (χ3v) is 3.80. The van der Waals surface area contributed by atoms with Crippen molar-refractivity contribution in [3.63, 3.8) is 0 Å². The van der Waals surface area contributed by atoms with Crippen molar-refractivity contribution in [1.82, 2.24) is 10.6 Å². The molecular weight excluding hydrogens is 339 g/mol. The lowest BCUT2D eigenvalue weighted by atomic mass is 10.1. The fraction of sp³-hybridized carbons (Fsp3) is 0.263. The minimum atomic E-state index is -0.452. The van der Waals surface area contributed by atoms with Crippen LogP contribution in [0.4, 0.5) is 4.39 Å². The maximum Gasteiger partial charge on any atom is 0.251 e. The second-order valence-electron chi connectivity index (χ2n) is 5.59. The molecule has 2 amide bonds. The highest BCUT2D eigenvalue weighted by Gasteiger charge is 2.16. The summed E-state index contributed by atoms with van der Waals surface area (Å²) in [5.74, 6) is 0.0189. The molecule has 6 nitrogen and oxygen atoms in total. The van der Waals surface area contributed by atoms with Crippen LogP contribution in [0.3, 0.4) is 0 Å². The van der Waals surface area contributed by atoms with Gasteiger partial charge in [0.1, 0.15) is 17.3 Å². The van der Waals surface area contributed by atoms with Crippen molar-refractivity contribution >= 4 is 11.8 Å². The number of nitrogens with one attached hydrogen (secondary N) is 2. The first-order valence-corrected chi connectivity index (χ1v) is 7.99. The van der Waals surface area contributed by atoms with Crippen LogP contribution < -0.4 is 20.1 Å². The van der Waals surface area contributed by atoms with Gasteiger partial charge in [0, 0.05) is 11.1 Å². The van der Waals surface area contributed by atoms with E-state index in [4.69, 9.17) is 9.47 Å². The van der Waals surface area contributed by atoms with Crippen molar-refractivity contribution < 1.29 is 23.5 Å². The van der Waals surface area contributed by atoms with E-state index in [1.165, 1.54) is 24.3 Å². The smallest absolute Gasteiger partial charge is 0.251 e. The number of hydrogen-bond acceptors (Lipinski definition) is 4. The lowest BCUT2D eigenvalue weighted by molar-refractivity contribution is -0.120. The number of carbonyl (C=O) groups excluding carboxylic acids is 2. The Morgan fingerprint density at radius 1 is 1.08 bits per heavy atom. The number of carbonyl (C=O) groups is 2. The fourth-order valence-corrected chi connectivity index (χ4v) is 2.41. The van der Waals surface area contributed by atoms with Gasteiger partial charge in [-0.05, 0) is 49.4 Å². The van der Waals surface area contributed by atoms with Crippen LogP contribution >= 0.6 is 0 Å². The van der Waals surface area contributed by atoms with Gasteiger partial charge >= 0.3 is 0 Å². The number of halogens is 1. The molecular formula is C19H21FN2O4. The standard InChI is InChI=1S/C19H21FN2O4/c1-12(16-10-15(25-2)8-9-17(16)26-3)22-18(23)11-21-19(24)13-4-6-14(20)7-5-13/h4-10,12H,11H2,1-3H3,(H,21,24)(H,22,23)/t12-/m0/s1. The summed E-state index contributed by atoms with van der Waals surface area (Å²) in [5.41, 5.74) is 1.03. The highest BCUT2D eigenvalue weighted by atomic mass is 19.1. The summed E-state index contributed by atoms with van der Waals surface area (Å²) in [6, 6.07) is 10.0. The largest absolute Gasteiger partial charge is 0.497 e. The molecule has 0 saturated carbocycles. The fourth-order valence-electron chi connectivity index (χ4n) is 2.41. The number of amides is 2. The summed E-state index contributed by atoms with van der Waals surface area (Å²) in [6.45, 7) is 1.60. The number of hydrogen-bond donors (Lipinski definition) is 2. The lowest BCUT2D eigenvalue weighted by Crippen LogP contribution is -2.38. The Morgan fingerprint density at radius 3 is 2.38 bits per heavy atom. The molecule has 26 heavy (non-hydrogen) atoms. The predicted molar refractivity (Wildman–Crippen MR) is 94.8 cm³/mol. The summed E-state index contributed by atoms with van der Waals surface area (Å²) < 4.78 is 23.4. The van der Waals surface area contributed by atoms with Gasteiger partial charge in [-0.25, -0.2) is 4.39 Å². The quantitative estimate of drug-likeness (QED) is 0.795. The summed E-state index contributed by atoms with van der Waals surface area (Å²) in [7, 11) is 3.10. The molecule has 0 spiro atoms. The molecule has 0 fully saturated rings. The molecule has 1 atom stereocenters. The number of rotatable bonds is 7. The molecule has 138 valence electrons. The first kappa shape index (κ1) is 19.2. The van der Waals surface area contributed by atoms with E-state index in [1.54, 1.807) is 39.3 Å². The van der Waals surface area contributed by atoms with Crippen LogP contribution in [-0.4, -0.2) is 32.6 Å². The van der Waals surface area contributed by atoms with Gasteiger partial charge in [0.05, 0.1) is 26.8 Å². The van der Waals surface area contributed by atoms with Gasteiger partial charge in [0.25, 0.3) is 5.91 Å². The second-order valence-corrected chi connectivity index (χ2v) is 5.59. The van der Waals surface area contributed by atoms with Gasteiger partial charge in [0.2, 0.25) is 5.91 Å². The third kappa shape index (κ3) is 4.95. The zero-order valence-electron chi connectivity index (χ0n) is 14.8. The molecule has 0 aliphatic heterocycles. The van der Waals surface area contributed by atoms with Crippen LogP contribution in [0.2, 0.25) is 0 Å². The molecule has 0 aromatic heterocycles. The predicted octanol–water partition coefficient (Wildman–Crippen LogP) is 2.45. The van der Waals surface area contributed by atoms with Gasteiger partial charge < -0.3 is 20.1 Å². The van der Waals surface area contributed by atoms with Crippen LogP contribution in [-0.2, 0) is 4.79 Å².